The van der Waals surface area contributed by atoms with E-state index in [-0.39, 0.29) is 0 Å². The highest BCUT2D eigenvalue weighted by Crippen LogP contribution is 2.27. The summed E-state index contributed by atoms with van der Waals surface area (Å²) in [5.41, 5.74) is 5.03. The van der Waals surface area contributed by atoms with E-state index in [9.17, 15) is 0 Å². The normalized spacial score (nSPS) is 16.7. The van der Waals surface area contributed by atoms with Crippen LogP contribution in [-0.4, -0.2) is 14.2 Å². The van der Waals surface area contributed by atoms with E-state index in [1.54, 1.807) is 14.2 Å². The molecular weight excluding hydrogens is 320 g/mol. The first kappa shape index (κ1) is 18.6. The predicted molar refractivity (Wildman–Crippen MR) is 110 cm³/mol. The zero-order chi connectivity index (χ0) is 18.2. The van der Waals surface area contributed by atoms with Crippen molar-refractivity contribution in [3.63, 3.8) is 0 Å². The fourth-order valence-electron chi connectivity index (χ4n) is 3.68. The first-order valence-electron chi connectivity index (χ1n) is 9.82. The van der Waals surface area contributed by atoms with Crippen molar-refractivity contribution in [2.45, 2.75) is 51.4 Å². The van der Waals surface area contributed by atoms with Gasteiger partial charge in [0.15, 0.2) is 0 Å². The molecule has 2 aromatic rings. The van der Waals surface area contributed by atoms with Gasteiger partial charge in [-0.3, -0.25) is 0 Å². The number of fused-ring (bicyclic) bond motifs is 4. The van der Waals surface area contributed by atoms with Crippen LogP contribution in [0.5, 0.6) is 11.5 Å². The average molecular weight is 351 g/mol. The molecule has 0 fully saturated rings. The van der Waals surface area contributed by atoms with Crippen molar-refractivity contribution in [2.75, 3.05) is 14.2 Å². The van der Waals surface area contributed by atoms with E-state index in [1.165, 1.54) is 49.7 Å². The number of rotatable bonds is 2. The number of aryl methyl sites for hydroxylation is 2. The molecule has 0 atom stereocenters. The molecule has 2 nitrogen and oxygen atoms in total. The summed E-state index contributed by atoms with van der Waals surface area (Å²) in [6.45, 7) is 0. The quantitative estimate of drug-likeness (QED) is 0.631. The molecule has 0 unspecified atom stereocenters. The highest BCUT2D eigenvalue weighted by molar-refractivity contribution is 5.75. The Morgan fingerprint density at radius 2 is 1.00 bits per heavy atom. The maximum absolute atomic E-state index is 5.56. The van der Waals surface area contributed by atoms with Gasteiger partial charge >= 0.3 is 0 Å². The zero-order valence-corrected chi connectivity index (χ0v) is 16.1. The number of methoxy groups -OCH3 is 2. The minimum absolute atomic E-state index is 0.918. The van der Waals surface area contributed by atoms with Crippen LogP contribution in [0.2, 0.25) is 0 Å². The first-order chi connectivity index (χ1) is 12.8. The summed E-state index contributed by atoms with van der Waals surface area (Å²) in [6, 6.07) is 13.1. The molecule has 3 rings (SSSR count). The second-order valence-corrected chi connectivity index (χ2v) is 7.11. The molecule has 0 spiro atoms. The third-order valence-electron chi connectivity index (χ3n) is 5.21. The Bertz CT molecular complexity index is 682. The molecule has 4 bridgehead atoms. The minimum Gasteiger partial charge on any atom is -0.496 e. The molecule has 0 saturated heterocycles. The molecular formula is C24H30O2. The van der Waals surface area contributed by atoms with E-state index in [0.29, 0.717) is 0 Å². The third-order valence-corrected chi connectivity index (χ3v) is 5.21. The van der Waals surface area contributed by atoms with E-state index in [2.05, 4.69) is 48.6 Å². The van der Waals surface area contributed by atoms with Gasteiger partial charge in [-0.2, -0.15) is 0 Å². The summed E-state index contributed by atoms with van der Waals surface area (Å²) >= 11 is 0. The molecule has 26 heavy (non-hydrogen) atoms. The molecule has 2 aromatic carbocycles. The number of hydrogen-bond donors (Lipinski definition) is 0. The third kappa shape index (κ3) is 4.91. The van der Waals surface area contributed by atoms with Crippen molar-refractivity contribution < 1.29 is 9.47 Å². The van der Waals surface area contributed by atoms with Gasteiger partial charge in [0.05, 0.1) is 14.2 Å². The van der Waals surface area contributed by atoms with Crippen LogP contribution in [0.4, 0.5) is 0 Å². The van der Waals surface area contributed by atoms with Gasteiger partial charge in [0.2, 0.25) is 0 Å². The monoisotopic (exact) mass is 350 g/mol. The second kappa shape index (κ2) is 9.47. The number of ether oxygens (including phenoxy) is 2. The molecule has 2 heteroatoms. The van der Waals surface area contributed by atoms with E-state index in [4.69, 9.17) is 9.47 Å². The van der Waals surface area contributed by atoms with Gasteiger partial charge in [-0.05, 0) is 61.1 Å². The lowest BCUT2D eigenvalue weighted by molar-refractivity contribution is 0.413. The second-order valence-electron chi connectivity index (χ2n) is 7.11. The standard InChI is InChI=1S/C24H30O2/c1-25-23-15-11-19-9-7-5-3-4-6-8-10-20-12-16-24(26-2)22(18-20)14-13-21(23)17-19/h11-18H,3-10H2,1-2H3/b14-13-. The van der Waals surface area contributed by atoms with Crippen LogP contribution < -0.4 is 9.47 Å². The van der Waals surface area contributed by atoms with Gasteiger partial charge in [0, 0.05) is 11.1 Å². The average Bonchev–Trinajstić information content (AvgIpc) is 2.67. The van der Waals surface area contributed by atoms with E-state index in [1.807, 2.05) is 0 Å². The smallest absolute Gasteiger partial charge is 0.126 e. The summed E-state index contributed by atoms with van der Waals surface area (Å²) in [7, 11) is 3.47. The lowest BCUT2D eigenvalue weighted by Gasteiger charge is -2.11. The minimum atomic E-state index is 0.918. The van der Waals surface area contributed by atoms with Gasteiger partial charge in [0.1, 0.15) is 11.5 Å². The molecule has 0 amide bonds. The summed E-state index contributed by atoms with van der Waals surface area (Å²) in [5.74, 6) is 1.84. The Morgan fingerprint density at radius 1 is 0.577 bits per heavy atom. The largest absolute Gasteiger partial charge is 0.496 e. The van der Waals surface area contributed by atoms with Gasteiger partial charge in [-0.25, -0.2) is 0 Å². The van der Waals surface area contributed by atoms with Crippen LogP contribution in [-0.2, 0) is 12.8 Å². The zero-order valence-electron chi connectivity index (χ0n) is 16.1. The summed E-state index contributed by atoms with van der Waals surface area (Å²) in [4.78, 5) is 0. The molecule has 0 radical (unpaired) electrons. The highest BCUT2D eigenvalue weighted by atomic mass is 16.5. The maximum Gasteiger partial charge on any atom is 0.126 e. The molecule has 0 heterocycles. The fraction of sp³-hybridized carbons (Fsp3) is 0.417. The van der Waals surface area contributed by atoms with Crippen LogP contribution in [0, 0.1) is 0 Å². The molecule has 0 saturated carbocycles. The lowest BCUT2D eigenvalue weighted by Crippen LogP contribution is -1.94. The van der Waals surface area contributed by atoms with Gasteiger partial charge in [-0.1, -0.05) is 50.0 Å². The number of benzene rings is 2. The van der Waals surface area contributed by atoms with Crippen LogP contribution in [0.25, 0.3) is 12.2 Å². The van der Waals surface area contributed by atoms with Crippen molar-refractivity contribution in [3.05, 3.63) is 58.7 Å². The van der Waals surface area contributed by atoms with Gasteiger partial charge in [0.25, 0.3) is 0 Å². The predicted octanol–water partition coefficient (Wildman–Crippen LogP) is 6.31. The van der Waals surface area contributed by atoms with Crippen molar-refractivity contribution in [2.24, 2.45) is 0 Å². The summed E-state index contributed by atoms with van der Waals surface area (Å²) in [6.07, 6.45) is 14.4. The maximum atomic E-state index is 5.56. The molecule has 0 aromatic heterocycles. The Balaban J connectivity index is 1.96. The van der Waals surface area contributed by atoms with E-state index < -0.39 is 0 Å². The Morgan fingerprint density at radius 3 is 1.42 bits per heavy atom. The summed E-state index contributed by atoms with van der Waals surface area (Å²) in [5, 5.41) is 0. The number of hydrogen-bond acceptors (Lipinski definition) is 2. The molecule has 138 valence electrons. The van der Waals surface area contributed by atoms with Crippen LogP contribution >= 0.6 is 0 Å². The molecule has 0 aliphatic heterocycles. The first-order valence-corrected chi connectivity index (χ1v) is 9.82. The lowest BCUT2D eigenvalue weighted by atomic mass is 9.99. The Kier molecular flexibility index (Phi) is 6.76. The molecule has 1 aliphatic rings. The van der Waals surface area contributed by atoms with Crippen LogP contribution in [0.3, 0.4) is 0 Å². The van der Waals surface area contributed by atoms with Gasteiger partial charge < -0.3 is 9.47 Å². The van der Waals surface area contributed by atoms with Crippen molar-refractivity contribution in [1.82, 2.24) is 0 Å². The topological polar surface area (TPSA) is 18.5 Å². The van der Waals surface area contributed by atoms with Crippen LogP contribution in [0.15, 0.2) is 36.4 Å². The fourth-order valence-corrected chi connectivity index (χ4v) is 3.68. The SMILES string of the molecule is COc1ccc2cc1/C=C\c1cc(ccc1OC)CCCCCCCC2. The Labute approximate surface area is 157 Å². The van der Waals surface area contributed by atoms with Crippen molar-refractivity contribution in [1.29, 1.82) is 0 Å². The van der Waals surface area contributed by atoms with Crippen LogP contribution in [0.1, 0.15) is 60.8 Å². The molecule has 1 aliphatic carbocycles. The highest BCUT2D eigenvalue weighted by Gasteiger charge is 2.06. The Hall–Kier alpha value is -2.22. The summed E-state index contributed by atoms with van der Waals surface area (Å²) < 4.78 is 11.1. The van der Waals surface area contributed by atoms with E-state index in [0.717, 1.165) is 35.5 Å². The van der Waals surface area contributed by atoms with Crippen molar-refractivity contribution >= 4 is 12.2 Å². The molecule has 0 N–H and O–H groups in total. The van der Waals surface area contributed by atoms with E-state index >= 15 is 0 Å². The van der Waals surface area contributed by atoms with Gasteiger partial charge in [-0.15, -0.1) is 0 Å². The van der Waals surface area contributed by atoms with Crippen molar-refractivity contribution in [3.8, 4) is 11.5 Å².